The fourth-order valence-electron chi connectivity index (χ4n) is 3.29. The maximum Gasteiger partial charge on any atom is 0.350 e. The average molecular weight is 441 g/mol. The van der Waals surface area contributed by atoms with Gasteiger partial charge in [-0.25, -0.2) is 9.78 Å². The lowest BCUT2D eigenvalue weighted by atomic mass is 9.96. The van der Waals surface area contributed by atoms with Crippen molar-refractivity contribution in [3.63, 3.8) is 0 Å². The van der Waals surface area contributed by atoms with Gasteiger partial charge in [-0.2, -0.15) is 0 Å². The number of aliphatic hydroxyl groups is 1. The number of benzene rings is 1. The van der Waals surface area contributed by atoms with Crippen LogP contribution in [0.25, 0.3) is 0 Å². The van der Waals surface area contributed by atoms with Gasteiger partial charge in [-0.3, -0.25) is 14.5 Å². The van der Waals surface area contributed by atoms with Crippen molar-refractivity contribution in [3.05, 3.63) is 80.2 Å². The van der Waals surface area contributed by atoms with Gasteiger partial charge < -0.3 is 9.84 Å². The molecule has 1 aliphatic rings. The number of nitrogens with zero attached hydrogens (tertiary/aromatic N) is 2. The lowest BCUT2D eigenvalue weighted by Gasteiger charge is -2.24. The molecule has 3 heterocycles. The summed E-state index contributed by atoms with van der Waals surface area (Å²) in [5, 5.41) is 12.6. The van der Waals surface area contributed by atoms with Crippen LogP contribution in [0.15, 0.2) is 59.2 Å². The smallest absolute Gasteiger partial charge is 0.350 e. The predicted molar refractivity (Wildman–Crippen MR) is 113 cm³/mol. The SMILES string of the molecule is COC(=O)c1sc(N2C(=O)C(O)=C(C(=O)c3cccs3)[C@H]2c2ccccc2)nc1C. The number of ether oxygens (including phenoxy) is 1. The van der Waals surface area contributed by atoms with E-state index in [0.29, 0.717) is 16.1 Å². The number of rotatable bonds is 5. The molecule has 4 rings (SSSR count). The number of amides is 1. The highest BCUT2D eigenvalue weighted by Gasteiger charge is 2.46. The van der Waals surface area contributed by atoms with E-state index in [1.54, 1.807) is 48.7 Å². The molecule has 0 aliphatic carbocycles. The van der Waals surface area contributed by atoms with Crippen molar-refractivity contribution in [1.29, 1.82) is 0 Å². The van der Waals surface area contributed by atoms with Gasteiger partial charge in [0.2, 0.25) is 5.78 Å². The molecule has 1 amide bonds. The number of ketones is 1. The van der Waals surface area contributed by atoms with Gasteiger partial charge in [0.05, 0.1) is 29.3 Å². The maximum absolute atomic E-state index is 13.2. The van der Waals surface area contributed by atoms with Crippen molar-refractivity contribution in [2.24, 2.45) is 0 Å². The molecular formula is C21H16N2O5S2. The van der Waals surface area contributed by atoms with Gasteiger partial charge in [-0.15, -0.1) is 11.3 Å². The summed E-state index contributed by atoms with van der Waals surface area (Å²) < 4.78 is 4.78. The molecule has 1 atom stereocenters. The standard InChI is InChI=1S/C21H16N2O5S2/c1-11-18(20(27)28-2)30-21(22-11)23-15(12-7-4-3-5-8-12)14(17(25)19(23)26)16(24)13-9-6-10-29-13/h3-10,15,25H,1-2H3/t15-/m1/s1. The zero-order chi connectivity index (χ0) is 21.4. The fraction of sp³-hybridized carbons (Fsp3) is 0.143. The minimum absolute atomic E-state index is 0.0129. The molecule has 0 bridgehead atoms. The van der Waals surface area contributed by atoms with Crippen LogP contribution in [0.2, 0.25) is 0 Å². The molecule has 3 aromatic rings. The van der Waals surface area contributed by atoms with Gasteiger partial charge in [0.25, 0.3) is 5.91 Å². The summed E-state index contributed by atoms with van der Waals surface area (Å²) in [7, 11) is 1.26. The number of aryl methyl sites for hydroxylation is 1. The molecular weight excluding hydrogens is 424 g/mol. The highest BCUT2D eigenvalue weighted by atomic mass is 32.1. The molecule has 152 valence electrons. The van der Waals surface area contributed by atoms with E-state index in [1.807, 2.05) is 6.07 Å². The van der Waals surface area contributed by atoms with Crippen LogP contribution in [-0.2, 0) is 9.53 Å². The van der Waals surface area contributed by atoms with E-state index in [-0.39, 0.29) is 15.6 Å². The van der Waals surface area contributed by atoms with E-state index in [0.717, 1.165) is 11.3 Å². The average Bonchev–Trinajstić information content (AvgIpc) is 3.47. The fourth-order valence-corrected chi connectivity index (χ4v) is 4.98. The summed E-state index contributed by atoms with van der Waals surface area (Å²) in [5.74, 6) is -2.34. The molecule has 0 saturated carbocycles. The molecule has 0 saturated heterocycles. The Morgan fingerprint density at radius 1 is 1.17 bits per heavy atom. The Morgan fingerprint density at radius 2 is 1.90 bits per heavy atom. The van der Waals surface area contributed by atoms with Crippen LogP contribution in [0.4, 0.5) is 5.13 Å². The third kappa shape index (κ3) is 3.21. The van der Waals surface area contributed by atoms with Crippen molar-refractivity contribution in [2.45, 2.75) is 13.0 Å². The van der Waals surface area contributed by atoms with Crippen molar-refractivity contribution in [1.82, 2.24) is 4.98 Å². The zero-order valence-corrected chi connectivity index (χ0v) is 17.6. The first kappa shape index (κ1) is 20.0. The molecule has 30 heavy (non-hydrogen) atoms. The first-order valence-corrected chi connectivity index (χ1v) is 10.6. The Kier molecular flexibility index (Phi) is 5.23. The predicted octanol–water partition coefficient (Wildman–Crippen LogP) is 4.08. The molecule has 0 unspecified atom stereocenters. The summed E-state index contributed by atoms with van der Waals surface area (Å²) >= 11 is 2.21. The number of aromatic nitrogens is 1. The van der Waals surface area contributed by atoms with Gasteiger partial charge in [0, 0.05) is 0 Å². The largest absolute Gasteiger partial charge is 0.503 e. The molecule has 7 nitrogen and oxygen atoms in total. The minimum atomic E-state index is -0.871. The molecule has 2 aromatic heterocycles. The number of methoxy groups -OCH3 is 1. The first-order valence-electron chi connectivity index (χ1n) is 8.89. The summed E-state index contributed by atoms with van der Waals surface area (Å²) in [6.07, 6.45) is 0. The van der Waals surface area contributed by atoms with Crippen LogP contribution in [0.1, 0.15) is 36.6 Å². The lowest BCUT2D eigenvalue weighted by molar-refractivity contribution is -0.117. The first-order chi connectivity index (χ1) is 14.4. The van der Waals surface area contributed by atoms with E-state index in [2.05, 4.69) is 4.98 Å². The zero-order valence-electron chi connectivity index (χ0n) is 16.0. The van der Waals surface area contributed by atoms with E-state index in [1.165, 1.54) is 23.3 Å². The Labute approximate surface area is 179 Å². The molecule has 0 radical (unpaired) electrons. The van der Waals surface area contributed by atoms with Gasteiger partial charge in [-0.05, 0) is 23.9 Å². The number of thiophene rings is 1. The van der Waals surface area contributed by atoms with Crippen LogP contribution >= 0.6 is 22.7 Å². The number of thiazole rings is 1. The number of anilines is 1. The van der Waals surface area contributed by atoms with Crippen molar-refractivity contribution in [3.8, 4) is 0 Å². The highest BCUT2D eigenvalue weighted by Crippen LogP contribution is 2.43. The second kappa shape index (κ2) is 7.85. The summed E-state index contributed by atoms with van der Waals surface area (Å²) in [4.78, 5) is 44.5. The quantitative estimate of drug-likeness (QED) is 0.474. The molecule has 0 fully saturated rings. The highest BCUT2D eigenvalue weighted by molar-refractivity contribution is 7.17. The van der Waals surface area contributed by atoms with Crippen LogP contribution < -0.4 is 4.90 Å². The van der Waals surface area contributed by atoms with Gasteiger partial charge in [0.1, 0.15) is 4.88 Å². The molecule has 1 aliphatic heterocycles. The van der Waals surface area contributed by atoms with Crippen LogP contribution in [0.5, 0.6) is 0 Å². The second-order valence-electron chi connectivity index (χ2n) is 6.46. The van der Waals surface area contributed by atoms with Gasteiger partial charge in [0.15, 0.2) is 10.9 Å². The molecule has 9 heteroatoms. The van der Waals surface area contributed by atoms with Crippen molar-refractivity contribution >= 4 is 45.5 Å². The Bertz CT molecular complexity index is 1170. The van der Waals surface area contributed by atoms with E-state index < -0.39 is 29.5 Å². The number of Topliss-reactive ketones (excluding diaryl/α,β-unsaturated/α-hetero) is 1. The molecule has 1 N–H and O–H groups in total. The monoisotopic (exact) mass is 440 g/mol. The Balaban J connectivity index is 1.86. The number of hydrogen-bond donors (Lipinski definition) is 1. The van der Waals surface area contributed by atoms with Crippen LogP contribution in [-0.4, -0.2) is 34.9 Å². The normalized spacial score (nSPS) is 16.3. The van der Waals surface area contributed by atoms with Crippen molar-refractivity contribution in [2.75, 3.05) is 12.0 Å². The van der Waals surface area contributed by atoms with Crippen LogP contribution in [0, 0.1) is 6.92 Å². The van der Waals surface area contributed by atoms with Gasteiger partial charge >= 0.3 is 5.97 Å². The van der Waals surface area contributed by atoms with E-state index in [9.17, 15) is 19.5 Å². The summed E-state index contributed by atoms with van der Waals surface area (Å²) in [5.41, 5.74) is 1.03. The summed E-state index contributed by atoms with van der Waals surface area (Å²) in [6, 6.07) is 11.4. The number of hydrogen-bond acceptors (Lipinski definition) is 8. The van der Waals surface area contributed by atoms with Gasteiger partial charge in [-0.1, -0.05) is 47.7 Å². The number of carbonyl (C=O) groups is 3. The Hall–Kier alpha value is -3.30. The third-order valence-corrected chi connectivity index (χ3v) is 6.68. The lowest BCUT2D eigenvalue weighted by Crippen LogP contribution is -2.30. The van der Waals surface area contributed by atoms with Crippen LogP contribution in [0.3, 0.4) is 0 Å². The maximum atomic E-state index is 13.2. The number of aliphatic hydroxyl groups excluding tert-OH is 1. The van der Waals surface area contributed by atoms with Crippen molar-refractivity contribution < 1.29 is 24.2 Å². The second-order valence-corrected chi connectivity index (χ2v) is 8.38. The minimum Gasteiger partial charge on any atom is -0.503 e. The third-order valence-electron chi connectivity index (χ3n) is 4.68. The topological polar surface area (TPSA) is 96.8 Å². The summed E-state index contributed by atoms with van der Waals surface area (Å²) in [6.45, 7) is 1.63. The van der Waals surface area contributed by atoms with E-state index in [4.69, 9.17) is 4.74 Å². The number of carbonyl (C=O) groups excluding carboxylic acids is 3. The Morgan fingerprint density at radius 3 is 2.53 bits per heavy atom. The molecule has 0 spiro atoms. The van der Waals surface area contributed by atoms with E-state index >= 15 is 0 Å². The number of esters is 1. The molecule has 1 aromatic carbocycles.